The number of carbonyl (C=O) groups excluding carboxylic acids is 1. The van der Waals surface area contributed by atoms with Crippen LogP contribution in [0.5, 0.6) is 0 Å². The summed E-state index contributed by atoms with van der Waals surface area (Å²) in [4.78, 5) is 24.5. The van der Waals surface area contributed by atoms with E-state index in [1.165, 1.54) is 0 Å². The van der Waals surface area contributed by atoms with Crippen molar-refractivity contribution in [1.29, 1.82) is 0 Å². The van der Waals surface area contributed by atoms with Gasteiger partial charge in [-0.3, -0.25) is 9.59 Å². The van der Waals surface area contributed by atoms with Crippen molar-refractivity contribution in [3.05, 3.63) is 0 Å². The van der Waals surface area contributed by atoms with E-state index in [-0.39, 0.29) is 17.3 Å². The quantitative estimate of drug-likeness (QED) is 0.791. The molecule has 2 atom stereocenters. The van der Waals surface area contributed by atoms with E-state index in [0.29, 0.717) is 45.5 Å². The lowest BCUT2D eigenvalue weighted by Crippen LogP contribution is -2.54. The van der Waals surface area contributed by atoms with Crippen molar-refractivity contribution in [2.24, 2.45) is 11.3 Å². The summed E-state index contributed by atoms with van der Waals surface area (Å²) in [6.45, 7) is 1.90. The Morgan fingerprint density at radius 2 is 1.90 bits per heavy atom. The van der Waals surface area contributed by atoms with Gasteiger partial charge >= 0.3 is 5.97 Å². The van der Waals surface area contributed by atoms with E-state index in [0.717, 1.165) is 25.7 Å². The Kier molecular flexibility index (Phi) is 4.06. The molecule has 3 rings (SSSR count). The van der Waals surface area contributed by atoms with Gasteiger partial charge in [-0.05, 0) is 44.4 Å². The van der Waals surface area contributed by atoms with Crippen LogP contribution >= 0.6 is 0 Å². The molecule has 2 saturated heterocycles. The molecule has 0 radical (unpaired) electrons. The molecule has 2 unspecified atom stereocenters. The van der Waals surface area contributed by atoms with Crippen molar-refractivity contribution >= 4 is 11.8 Å². The molecule has 5 heteroatoms. The van der Waals surface area contributed by atoms with Gasteiger partial charge in [-0.2, -0.15) is 0 Å². The van der Waals surface area contributed by atoms with Gasteiger partial charge < -0.3 is 14.6 Å². The van der Waals surface area contributed by atoms with E-state index in [2.05, 4.69) is 0 Å². The fourth-order valence-corrected chi connectivity index (χ4v) is 4.42. The highest BCUT2D eigenvalue weighted by Gasteiger charge is 2.55. The second-order valence-corrected chi connectivity index (χ2v) is 6.74. The van der Waals surface area contributed by atoms with Crippen molar-refractivity contribution < 1.29 is 24.2 Å². The van der Waals surface area contributed by atoms with Crippen LogP contribution < -0.4 is 0 Å². The fourth-order valence-electron chi connectivity index (χ4n) is 4.42. The Hall–Kier alpha value is -0.940. The maximum atomic E-state index is 12.5. The molecule has 21 heavy (non-hydrogen) atoms. The lowest BCUT2D eigenvalue weighted by atomic mass is 9.60. The average molecular weight is 296 g/mol. The maximum Gasteiger partial charge on any atom is 0.317 e. The number of aliphatic carboxylic acids is 1. The Morgan fingerprint density at radius 1 is 1.14 bits per heavy atom. The molecule has 2 heterocycles. The van der Waals surface area contributed by atoms with E-state index in [9.17, 15) is 14.7 Å². The SMILES string of the molecule is O=C(O)C1(C2CCOC3(CCOCC3)C2)CCCCC1=O. The van der Waals surface area contributed by atoms with Gasteiger partial charge in [0.2, 0.25) is 0 Å². The molecule has 1 N–H and O–H groups in total. The molecular weight excluding hydrogens is 272 g/mol. The first kappa shape index (κ1) is 15.0. The van der Waals surface area contributed by atoms with Crippen molar-refractivity contribution in [3.8, 4) is 0 Å². The topological polar surface area (TPSA) is 72.8 Å². The van der Waals surface area contributed by atoms with Crippen LogP contribution in [-0.2, 0) is 19.1 Å². The molecule has 3 aliphatic rings. The number of carboxylic acids is 1. The number of ketones is 1. The summed E-state index contributed by atoms with van der Waals surface area (Å²) < 4.78 is 11.4. The Labute approximate surface area is 125 Å². The number of carbonyl (C=O) groups is 2. The molecule has 1 spiro atoms. The highest BCUT2D eigenvalue weighted by atomic mass is 16.5. The molecule has 0 aromatic heterocycles. The van der Waals surface area contributed by atoms with E-state index < -0.39 is 11.4 Å². The van der Waals surface area contributed by atoms with Crippen LogP contribution in [0, 0.1) is 11.3 Å². The number of hydrogen-bond acceptors (Lipinski definition) is 4. The predicted octanol–water partition coefficient (Wildman–Crippen LogP) is 2.18. The van der Waals surface area contributed by atoms with Crippen LogP contribution in [0.1, 0.15) is 51.4 Å². The first-order valence-corrected chi connectivity index (χ1v) is 8.07. The molecule has 0 amide bonds. The number of hydrogen-bond donors (Lipinski definition) is 1. The van der Waals surface area contributed by atoms with Crippen LogP contribution in [0.3, 0.4) is 0 Å². The van der Waals surface area contributed by atoms with Crippen LogP contribution in [0.25, 0.3) is 0 Å². The van der Waals surface area contributed by atoms with Crippen molar-refractivity contribution in [2.75, 3.05) is 19.8 Å². The van der Waals surface area contributed by atoms with Crippen LogP contribution in [0.4, 0.5) is 0 Å². The second kappa shape index (κ2) is 5.69. The summed E-state index contributed by atoms with van der Waals surface area (Å²) in [5.41, 5.74) is -1.42. The summed E-state index contributed by atoms with van der Waals surface area (Å²) >= 11 is 0. The fraction of sp³-hybridized carbons (Fsp3) is 0.875. The van der Waals surface area contributed by atoms with Gasteiger partial charge in [0.05, 0.1) is 5.60 Å². The number of ether oxygens (including phenoxy) is 2. The van der Waals surface area contributed by atoms with E-state index in [1.54, 1.807) is 0 Å². The van der Waals surface area contributed by atoms with Gasteiger partial charge in [0, 0.05) is 26.2 Å². The zero-order chi connectivity index (χ0) is 14.9. The van der Waals surface area contributed by atoms with Crippen LogP contribution in [-0.4, -0.2) is 42.3 Å². The summed E-state index contributed by atoms with van der Waals surface area (Å²) in [7, 11) is 0. The molecule has 0 aromatic carbocycles. The third-order valence-corrected chi connectivity index (χ3v) is 5.70. The van der Waals surface area contributed by atoms with E-state index in [4.69, 9.17) is 9.47 Å². The minimum Gasteiger partial charge on any atom is -0.480 e. The minimum atomic E-state index is -1.16. The first-order chi connectivity index (χ1) is 10.1. The monoisotopic (exact) mass is 296 g/mol. The summed E-state index contributed by atoms with van der Waals surface area (Å²) in [6.07, 6.45) is 5.58. The number of rotatable bonds is 2. The normalized spacial score (nSPS) is 36.6. The molecule has 3 fully saturated rings. The van der Waals surface area contributed by atoms with Crippen molar-refractivity contribution in [1.82, 2.24) is 0 Å². The Bertz CT molecular complexity index is 421. The highest BCUT2D eigenvalue weighted by molar-refractivity contribution is 6.03. The van der Waals surface area contributed by atoms with Gasteiger partial charge in [-0.1, -0.05) is 6.42 Å². The molecule has 1 saturated carbocycles. The lowest BCUT2D eigenvalue weighted by Gasteiger charge is -2.48. The van der Waals surface area contributed by atoms with Crippen LogP contribution in [0.2, 0.25) is 0 Å². The molecule has 118 valence electrons. The van der Waals surface area contributed by atoms with E-state index in [1.807, 2.05) is 0 Å². The standard InChI is InChI=1S/C16H24O5/c17-13-3-1-2-5-16(13,14(18)19)12-4-8-21-15(11-12)6-9-20-10-7-15/h12H,1-11H2,(H,18,19). The summed E-state index contributed by atoms with van der Waals surface area (Å²) in [6, 6.07) is 0. The Morgan fingerprint density at radius 3 is 2.57 bits per heavy atom. The summed E-state index contributed by atoms with van der Waals surface area (Å²) in [5, 5.41) is 9.81. The van der Waals surface area contributed by atoms with Gasteiger partial charge in [0.25, 0.3) is 0 Å². The highest BCUT2D eigenvalue weighted by Crippen LogP contribution is 2.49. The molecule has 0 bridgehead atoms. The third-order valence-electron chi connectivity index (χ3n) is 5.70. The van der Waals surface area contributed by atoms with Crippen LogP contribution in [0.15, 0.2) is 0 Å². The number of Topliss-reactive ketones (excluding diaryl/α,β-unsaturated/α-hetero) is 1. The Balaban J connectivity index is 1.85. The van der Waals surface area contributed by atoms with Crippen molar-refractivity contribution in [2.45, 2.75) is 57.0 Å². The van der Waals surface area contributed by atoms with Gasteiger partial charge in [0.1, 0.15) is 11.2 Å². The number of carboxylic acid groups (broad SMARTS) is 1. The average Bonchev–Trinajstić information content (AvgIpc) is 2.48. The van der Waals surface area contributed by atoms with Gasteiger partial charge in [-0.15, -0.1) is 0 Å². The zero-order valence-corrected chi connectivity index (χ0v) is 12.4. The minimum absolute atomic E-state index is 0.0599. The molecular formula is C16H24O5. The largest absolute Gasteiger partial charge is 0.480 e. The maximum absolute atomic E-state index is 12.5. The van der Waals surface area contributed by atoms with Gasteiger partial charge in [0.15, 0.2) is 0 Å². The van der Waals surface area contributed by atoms with Gasteiger partial charge in [-0.25, -0.2) is 0 Å². The predicted molar refractivity (Wildman–Crippen MR) is 75.0 cm³/mol. The lowest BCUT2D eigenvalue weighted by molar-refractivity contribution is -0.182. The summed E-state index contributed by atoms with van der Waals surface area (Å²) in [5.74, 6) is -1.06. The van der Waals surface area contributed by atoms with Crippen molar-refractivity contribution in [3.63, 3.8) is 0 Å². The first-order valence-electron chi connectivity index (χ1n) is 8.07. The molecule has 2 aliphatic heterocycles. The third kappa shape index (κ3) is 2.50. The van der Waals surface area contributed by atoms with E-state index >= 15 is 0 Å². The smallest absolute Gasteiger partial charge is 0.317 e. The second-order valence-electron chi connectivity index (χ2n) is 6.74. The zero-order valence-electron chi connectivity index (χ0n) is 12.4. The molecule has 0 aromatic rings. The molecule has 5 nitrogen and oxygen atoms in total. The molecule has 1 aliphatic carbocycles.